The van der Waals surface area contributed by atoms with Gasteiger partial charge in [-0.05, 0) is 38.8 Å². The van der Waals surface area contributed by atoms with Gasteiger partial charge in [0.25, 0.3) is 0 Å². The third kappa shape index (κ3) is 5.09. The van der Waals surface area contributed by atoms with Crippen LogP contribution in [0.15, 0.2) is 67.3 Å². The zero-order valence-electron chi connectivity index (χ0n) is 16.3. The Bertz CT molecular complexity index is 680. The van der Waals surface area contributed by atoms with Crippen molar-refractivity contribution < 1.29 is 9.53 Å². The van der Waals surface area contributed by atoms with Crippen LogP contribution in [0, 0.1) is 0 Å². The molecule has 1 N–H and O–H groups in total. The molecule has 0 aromatic heterocycles. The maximum atomic E-state index is 12.1. The lowest BCUT2D eigenvalue weighted by Gasteiger charge is -2.52. The van der Waals surface area contributed by atoms with Gasteiger partial charge < -0.3 is 10.1 Å². The van der Waals surface area contributed by atoms with E-state index in [2.05, 4.69) is 35.5 Å². The number of carbonyl (C=O) groups is 1. The summed E-state index contributed by atoms with van der Waals surface area (Å²) in [7, 11) is 0. The fraction of sp³-hybridized carbons (Fsp3) is 0.409. The van der Waals surface area contributed by atoms with Crippen LogP contribution in [-0.2, 0) is 4.74 Å². The molecule has 1 aliphatic heterocycles. The van der Waals surface area contributed by atoms with Crippen molar-refractivity contribution in [3.8, 4) is 0 Å². The Morgan fingerprint density at radius 1 is 1.27 bits per heavy atom. The SMILES string of the molecule is C=C/C=C(\C=C)C(c1ccccc1)N1CC(C)(NC(=O)OC(C)(C)C)C1. The molecule has 0 aliphatic carbocycles. The van der Waals surface area contributed by atoms with Gasteiger partial charge in [-0.15, -0.1) is 0 Å². The van der Waals surface area contributed by atoms with Gasteiger partial charge in [-0.2, -0.15) is 0 Å². The summed E-state index contributed by atoms with van der Waals surface area (Å²) in [5, 5.41) is 3.01. The molecule has 2 rings (SSSR count). The lowest BCUT2D eigenvalue weighted by molar-refractivity contribution is 0.00606. The molecule has 1 aromatic rings. The van der Waals surface area contributed by atoms with E-state index in [-0.39, 0.29) is 17.7 Å². The van der Waals surface area contributed by atoms with E-state index in [1.165, 1.54) is 5.56 Å². The third-order valence-electron chi connectivity index (χ3n) is 4.25. The highest BCUT2D eigenvalue weighted by Gasteiger charge is 2.44. The molecule has 1 saturated heterocycles. The highest BCUT2D eigenvalue weighted by atomic mass is 16.6. The number of ether oxygens (including phenoxy) is 1. The second-order valence-corrected chi connectivity index (χ2v) is 8.01. The van der Waals surface area contributed by atoms with E-state index in [1.54, 1.807) is 6.08 Å². The number of amides is 1. The van der Waals surface area contributed by atoms with E-state index in [4.69, 9.17) is 4.74 Å². The van der Waals surface area contributed by atoms with Crippen molar-refractivity contribution in [2.45, 2.75) is 44.9 Å². The number of nitrogens with zero attached hydrogens (tertiary/aromatic N) is 1. The molecule has 0 spiro atoms. The van der Waals surface area contributed by atoms with Crippen molar-refractivity contribution in [3.63, 3.8) is 0 Å². The minimum atomic E-state index is -0.501. The summed E-state index contributed by atoms with van der Waals surface area (Å²) in [5.41, 5.74) is 1.47. The topological polar surface area (TPSA) is 41.6 Å². The van der Waals surface area contributed by atoms with Crippen molar-refractivity contribution in [2.75, 3.05) is 13.1 Å². The van der Waals surface area contributed by atoms with Crippen LogP contribution < -0.4 is 5.32 Å². The Morgan fingerprint density at radius 3 is 2.38 bits per heavy atom. The largest absolute Gasteiger partial charge is 0.444 e. The Hall–Kier alpha value is -2.33. The number of likely N-dealkylation sites (tertiary alicyclic amines) is 1. The fourth-order valence-corrected chi connectivity index (χ4v) is 3.32. The van der Waals surface area contributed by atoms with Gasteiger partial charge in [0.1, 0.15) is 5.60 Å². The first-order valence-corrected chi connectivity index (χ1v) is 8.93. The van der Waals surface area contributed by atoms with Crippen LogP contribution in [0.2, 0.25) is 0 Å². The summed E-state index contributed by atoms with van der Waals surface area (Å²) in [6, 6.07) is 10.4. The molecule has 4 heteroatoms. The average molecular weight is 354 g/mol. The quantitative estimate of drug-likeness (QED) is 0.758. The number of nitrogens with one attached hydrogen (secondary N) is 1. The highest BCUT2D eigenvalue weighted by molar-refractivity contribution is 5.69. The van der Waals surface area contributed by atoms with E-state index in [0.29, 0.717) is 0 Å². The predicted molar refractivity (Wildman–Crippen MR) is 107 cm³/mol. The first-order chi connectivity index (χ1) is 12.2. The summed E-state index contributed by atoms with van der Waals surface area (Å²) in [5.74, 6) is 0. The number of alkyl carbamates (subject to hydrolysis) is 1. The number of rotatable bonds is 6. The molecule has 1 unspecified atom stereocenters. The highest BCUT2D eigenvalue weighted by Crippen LogP contribution is 2.36. The number of benzene rings is 1. The van der Waals surface area contributed by atoms with Gasteiger partial charge >= 0.3 is 6.09 Å². The minimum Gasteiger partial charge on any atom is -0.444 e. The molecule has 1 fully saturated rings. The second kappa shape index (κ2) is 7.92. The Labute approximate surface area is 157 Å². The van der Waals surface area contributed by atoms with Crippen molar-refractivity contribution in [1.82, 2.24) is 10.2 Å². The molecule has 1 aromatic carbocycles. The molecular weight excluding hydrogens is 324 g/mol. The Kier molecular flexibility index (Phi) is 6.09. The number of allylic oxidation sites excluding steroid dienone is 2. The number of hydrogen-bond donors (Lipinski definition) is 1. The molecular formula is C22H30N2O2. The molecule has 0 saturated carbocycles. The van der Waals surface area contributed by atoms with Gasteiger partial charge in [0.15, 0.2) is 0 Å². The molecule has 1 atom stereocenters. The van der Waals surface area contributed by atoms with E-state index in [0.717, 1.165) is 18.7 Å². The van der Waals surface area contributed by atoms with Gasteiger partial charge in [0.2, 0.25) is 0 Å². The zero-order chi connectivity index (χ0) is 19.4. The van der Waals surface area contributed by atoms with E-state index in [1.807, 2.05) is 58.0 Å². The zero-order valence-corrected chi connectivity index (χ0v) is 16.3. The van der Waals surface area contributed by atoms with Crippen molar-refractivity contribution in [2.24, 2.45) is 0 Å². The summed E-state index contributed by atoms with van der Waals surface area (Å²) < 4.78 is 5.39. The van der Waals surface area contributed by atoms with Gasteiger partial charge in [-0.1, -0.05) is 61.7 Å². The standard InChI is InChI=1S/C22H30N2O2/c1-7-12-17(8-2)19(18-13-10-9-11-14-18)24-15-22(6,16-24)23-20(25)26-21(3,4)5/h7-14,19H,1-2,15-16H2,3-6H3,(H,23,25)/b17-12+. The van der Waals surface area contributed by atoms with Crippen LogP contribution in [0.3, 0.4) is 0 Å². The number of carbonyl (C=O) groups excluding carboxylic acids is 1. The monoisotopic (exact) mass is 354 g/mol. The molecule has 0 bridgehead atoms. The third-order valence-corrected chi connectivity index (χ3v) is 4.25. The van der Waals surface area contributed by atoms with Gasteiger partial charge in [0, 0.05) is 13.1 Å². The van der Waals surface area contributed by atoms with Crippen LogP contribution in [0.1, 0.15) is 39.3 Å². The second-order valence-electron chi connectivity index (χ2n) is 8.01. The van der Waals surface area contributed by atoms with E-state index < -0.39 is 5.60 Å². The first kappa shape index (κ1) is 20.0. The minimum absolute atomic E-state index is 0.0835. The van der Waals surface area contributed by atoms with Crippen LogP contribution in [0.25, 0.3) is 0 Å². The van der Waals surface area contributed by atoms with Crippen LogP contribution in [-0.4, -0.2) is 35.2 Å². The Balaban J connectivity index is 2.13. The van der Waals surface area contributed by atoms with E-state index in [9.17, 15) is 4.79 Å². The summed E-state index contributed by atoms with van der Waals surface area (Å²) >= 11 is 0. The van der Waals surface area contributed by atoms with Crippen molar-refractivity contribution >= 4 is 6.09 Å². The average Bonchev–Trinajstić information content (AvgIpc) is 2.51. The molecule has 1 heterocycles. The number of hydrogen-bond acceptors (Lipinski definition) is 3. The van der Waals surface area contributed by atoms with Gasteiger partial charge in [-0.3, -0.25) is 4.90 Å². The predicted octanol–water partition coefficient (Wildman–Crippen LogP) is 4.63. The fourth-order valence-electron chi connectivity index (χ4n) is 3.32. The summed E-state index contributed by atoms with van der Waals surface area (Å²) in [6.45, 7) is 16.9. The molecule has 26 heavy (non-hydrogen) atoms. The van der Waals surface area contributed by atoms with E-state index >= 15 is 0 Å². The summed E-state index contributed by atoms with van der Waals surface area (Å²) in [4.78, 5) is 14.4. The lowest BCUT2D eigenvalue weighted by atomic mass is 9.86. The Morgan fingerprint density at radius 2 is 1.88 bits per heavy atom. The van der Waals surface area contributed by atoms with Crippen LogP contribution in [0.5, 0.6) is 0 Å². The first-order valence-electron chi connectivity index (χ1n) is 8.93. The van der Waals surface area contributed by atoms with Gasteiger partial charge in [0.05, 0.1) is 11.6 Å². The molecule has 4 nitrogen and oxygen atoms in total. The molecule has 1 aliphatic rings. The maximum Gasteiger partial charge on any atom is 0.408 e. The van der Waals surface area contributed by atoms with Crippen molar-refractivity contribution in [3.05, 3.63) is 72.9 Å². The maximum absolute atomic E-state index is 12.1. The van der Waals surface area contributed by atoms with Crippen molar-refractivity contribution in [1.29, 1.82) is 0 Å². The van der Waals surface area contributed by atoms with Crippen LogP contribution in [0.4, 0.5) is 4.79 Å². The normalized spacial score (nSPS) is 18.4. The molecule has 0 radical (unpaired) electrons. The molecule has 140 valence electrons. The van der Waals surface area contributed by atoms with Gasteiger partial charge in [-0.25, -0.2) is 4.79 Å². The van der Waals surface area contributed by atoms with Crippen LogP contribution >= 0.6 is 0 Å². The summed E-state index contributed by atoms with van der Waals surface area (Å²) in [6.07, 6.45) is 5.27. The smallest absolute Gasteiger partial charge is 0.408 e. The lowest BCUT2D eigenvalue weighted by Crippen LogP contribution is -2.69. The molecule has 1 amide bonds.